The molecule has 0 aliphatic heterocycles. The van der Waals surface area contributed by atoms with Crippen LogP contribution in [0.5, 0.6) is 0 Å². The van der Waals surface area contributed by atoms with Gasteiger partial charge in [0.15, 0.2) is 5.76 Å². The highest BCUT2D eigenvalue weighted by Crippen LogP contribution is 2.26. The molecule has 2 rings (SSSR count). The fraction of sp³-hybridized carbons (Fsp3) is 0.273. The summed E-state index contributed by atoms with van der Waals surface area (Å²) >= 11 is 10.7. The van der Waals surface area contributed by atoms with Gasteiger partial charge >= 0.3 is 11.7 Å². The number of oxazole rings is 1. The van der Waals surface area contributed by atoms with Gasteiger partial charge in [0.1, 0.15) is 11.6 Å². The molecule has 1 heterocycles. The predicted octanol–water partition coefficient (Wildman–Crippen LogP) is 4.90. The Kier molecular flexibility index (Phi) is 8.20. The van der Waals surface area contributed by atoms with E-state index in [1.807, 2.05) is 31.2 Å². The maximum Gasteiger partial charge on any atom is 0.420 e. The Morgan fingerprint density at radius 3 is 2.40 bits per heavy atom. The van der Waals surface area contributed by atoms with Gasteiger partial charge in [-0.25, -0.2) is 4.79 Å². The fourth-order valence-electron chi connectivity index (χ4n) is 2.97. The third kappa shape index (κ3) is 5.70. The lowest BCUT2D eigenvalue weighted by molar-refractivity contribution is -0.137. The zero-order valence-electron chi connectivity index (χ0n) is 17.2. The molecule has 0 aliphatic rings. The molecule has 1 aromatic carbocycles. The average Bonchev–Trinajstić information content (AvgIpc) is 2.97. The van der Waals surface area contributed by atoms with Crippen LogP contribution < -0.4 is 10.7 Å². The minimum absolute atomic E-state index is 0.110. The van der Waals surface area contributed by atoms with Gasteiger partial charge in [0.2, 0.25) is 0 Å². The summed E-state index contributed by atoms with van der Waals surface area (Å²) < 4.78 is 6.05. The van der Waals surface area contributed by atoms with Gasteiger partial charge < -0.3 is 14.4 Å². The summed E-state index contributed by atoms with van der Waals surface area (Å²) in [6.07, 6.45) is 3.47. The van der Waals surface area contributed by atoms with E-state index < -0.39 is 18.3 Å². The van der Waals surface area contributed by atoms with E-state index in [1.165, 1.54) is 0 Å². The van der Waals surface area contributed by atoms with Gasteiger partial charge in [0, 0.05) is 29.4 Å². The second-order valence-electron chi connectivity index (χ2n) is 6.63. The van der Waals surface area contributed by atoms with Crippen molar-refractivity contribution in [1.29, 1.82) is 0 Å². The van der Waals surface area contributed by atoms with Crippen LogP contribution in [-0.2, 0) is 11.3 Å². The molecule has 0 atom stereocenters. The number of anilines is 1. The third-order valence-electron chi connectivity index (χ3n) is 4.48. The number of hydrogen-bond donors (Lipinski definition) is 2. The number of benzene rings is 1. The molecule has 1 N–H and O–H groups in total. The first-order valence-electron chi connectivity index (χ1n) is 9.42. The maximum absolute atomic E-state index is 11.9. The highest BCUT2D eigenvalue weighted by Gasteiger charge is 2.17. The van der Waals surface area contributed by atoms with E-state index in [0.29, 0.717) is 10.6 Å². The molecule has 0 fully saturated rings. The molecule has 0 saturated heterocycles. The number of rotatable bonds is 9. The molecule has 30 heavy (non-hydrogen) atoms. The highest BCUT2D eigenvalue weighted by atomic mass is 35.5. The highest BCUT2D eigenvalue weighted by molar-refractivity contribution is 7.80. The zero-order chi connectivity index (χ0) is 22.4. The first kappa shape index (κ1) is 23.6. The van der Waals surface area contributed by atoms with Crippen molar-refractivity contribution in [2.45, 2.75) is 32.3 Å². The lowest BCUT2D eigenvalue weighted by atomic mass is 10.1. The molecule has 0 unspecified atom stereocenters. The van der Waals surface area contributed by atoms with Crippen LogP contribution in [0, 0.1) is 0 Å². The van der Waals surface area contributed by atoms with Crippen LogP contribution in [-0.4, -0.2) is 28.7 Å². The van der Waals surface area contributed by atoms with Crippen LogP contribution in [0.4, 0.5) is 5.69 Å². The van der Waals surface area contributed by atoms with E-state index in [2.05, 4.69) is 38.0 Å². The van der Waals surface area contributed by atoms with E-state index in [9.17, 15) is 9.59 Å². The van der Waals surface area contributed by atoms with Crippen molar-refractivity contribution in [3.8, 4) is 0 Å². The number of halogens is 1. The second kappa shape index (κ2) is 10.4. The Bertz CT molecular complexity index is 1040. The van der Waals surface area contributed by atoms with Crippen LogP contribution in [0.3, 0.4) is 0 Å². The van der Waals surface area contributed by atoms with Gasteiger partial charge in [-0.15, -0.1) is 12.6 Å². The van der Waals surface area contributed by atoms with Crippen LogP contribution in [0.1, 0.15) is 32.1 Å². The van der Waals surface area contributed by atoms with Crippen LogP contribution in [0.25, 0.3) is 10.6 Å². The van der Waals surface area contributed by atoms with Gasteiger partial charge in [-0.2, -0.15) is 0 Å². The number of aromatic nitrogens is 1. The van der Waals surface area contributed by atoms with E-state index in [0.717, 1.165) is 34.5 Å². The summed E-state index contributed by atoms with van der Waals surface area (Å²) in [7, 11) is 0. The molecular weight excluding hydrogens is 424 g/mol. The van der Waals surface area contributed by atoms with Gasteiger partial charge in [-0.05, 0) is 56.2 Å². The number of carboxylic acids is 1. The first-order chi connectivity index (χ1) is 14.2. The molecule has 160 valence electrons. The Morgan fingerprint density at radius 2 is 1.87 bits per heavy atom. The maximum atomic E-state index is 11.9. The summed E-state index contributed by atoms with van der Waals surface area (Å²) in [5.41, 5.74) is 3.17. The predicted molar refractivity (Wildman–Crippen MR) is 124 cm³/mol. The average molecular weight is 449 g/mol. The lowest BCUT2D eigenvalue weighted by Crippen LogP contribution is -2.21. The summed E-state index contributed by atoms with van der Waals surface area (Å²) in [6.45, 7) is 11.3. The minimum atomic E-state index is -1.17. The number of hydrogen-bond acceptors (Lipinski definition) is 5. The molecule has 0 radical (unpaired) electrons. The van der Waals surface area contributed by atoms with Crippen molar-refractivity contribution in [3.63, 3.8) is 0 Å². The summed E-state index contributed by atoms with van der Waals surface area (Å²) in [5.74, 6) is -1.85. The molecule has 2 aromatic rings. The standard InChI is InChI=1S/C22H25ClN2O4S/c1-5-24(6-2)17-9-7-16(8-10-17)18(23)12-14(3)11-15(4)20-21(30)25(13-19(26)27)22(28)29-20/h7-12,30H,4-6,13H2,1-3H3,(H,26,27)/b14-11?,18-12-. The van der Waals surface area contributed by atoms with Crippen molar-refractivity contribution in [2.24, 2.45) is 0 Å². The van der Waals surface area contributed by atoms with Crippen molar-refractivity contribution in [2.75, 3.05) is 18.0 Å². The smallest absolute Gasteiger partial charge is 0.420 e. The van der Waals surface area contributed by atoms with Gasteiger partial charge in [0.25, 0.3) is 0 Å². The van der Waals surface area contributed by atoms with Crippen molar-refractivity contribution in [1.82, 2.24) is 4.57 Å². The topological polar surface area (TPSA) is 75.7 Å². The summed E-state index contributed by atoms with van der Waals surface area (Å²) in [4.78, 5) is 25.0. The molecule has 0 amide bonds. The Balaban J connectivity index is 2.22. The minimum Gasteiger partial charge on any atom is -0.480 e. The van der Waals surface area contributed by atoms with Crippen LogP contribution in [0.2, 0.25) is 0 Å². The molecule has 8 heteroatoms. The molecular formula is C22H25ClN2O4S. The van der Waals surface area contributed by atoms with Gasteiger partial charge in [-0.1, -0.05) is 30.3 Å². The lowest BCUT2D eigenvalue weighted by Gasteiger charge is -2.21. The number of aliphatic carboxylic acids is 1. The Labute approximate surface area is 186 Å². The molecule has 0 spiro atoms. The largest absolute Gasteiger partial charge is 0.480 e. The van der Waals surface area contributed by atoms with E-state index in [1.54, 1.807) is 12.2 Å². The fourth-order valence-corrected chi connectivity index (χ4v) is 3.61. The number of thiol groups is 1. The van der Waals surface area contributed by atoms with Crippen molar-refractivity contribution >= 4 is 46.5 Å². The van der Waals surface area contributed by atoms with Crippen LogP contribution in [0.15, 0.2) is 62.8 Å². The van der Waals surface area contributed by atoms with E-state index in [-0.39, 0.29) is 10.8 Å². The zero-order valence-corrected chi connectivity index (χ0v) is 18.8. The number of nitrogens with zero attached hydrogens (tertiary/aromatic N) is 2. The molecule has 0 bridgehead atoms. The third-order valence-corrected chi connectivity index (χ3v) is 5.25. The van der Waals surface area contributed by atoms with Gasteiger partial charge in [0.05, 0.1) is 0 Å². The molecule has 1 aromatic heterocycles. The quantitative estimate of drug-likeness (QED) is 0.421. The summed E-state index contributed by atoms with van der Waals surface area (Å²) in [6, 6.07) is 7.99. The number of carbonyl (C=O) groups is 1. The molecule has 6 nitrogen and oxygen atoms in total. The molecule has 0 aliphatic carbocycles. The Hall–Kier alpha value is -2.64. The monoisotopic (exact) mass is 448 g/mol. The second-order valence-corrected chi connectivity index (χ2v) is 7.46. The SMILES string of the molecule is C=C(C=C(C)/C=C(\Cl)c1ccc(N(CC)CC)cc1)c1oc(=O)n(CC(=O)O)c1S. The first-order valence-corrected chi connectivity index (χ1v) is 10.2. The van der Waals surface area contributed by atoms with E-state index >= 15 is 0 Å². The van der Waals surface area contributed by atoms with Gasteiger partial charge in [-0.3, -0.25) is 9.36 Å². The normalized spacial score (nSPS) is 12.2. The molecule has 0 saturated carbocycles. The van der Waals surface area contributed by atoms with Crippen molar-refractivity contribution in [3.05, 3.63) is 70.4 Å². The van der Waals surface area contributed by atoms with E-state index in [4.69, 9.17) is 21.1 Å². The van der Waals surface area contributed by atoms with Crippen molar-refractivity contribution < 1.29 is 14.3 Å². The number of carboxylic acid groups (broad SMARTS) is 1. The Morgan fingerprint density at radius 1 is 1.27 bits per heavy atom. The number of allylic oxidation sites excluding steroid dienone is 4. The van der Waals surface area contributed by atoms with Crippen LogP contribution >= 0.6 is 24.2 Å². The summed E-state index contributed by atoms with van der Waals surface area (Å²) in [5, 5.41) is 9.56.